The minimum absolute atomic E-state index is 0.156. The molecule has 1 amide bonds. The summed E-state index contributed by atoms with van der Waals surface area (Å²) in [5, 5.41) is 23.3. The van der Waals surface area contributed by atoms with Crippen LogP contribution in [0.5, 0.6) is 0 Å². The Hall–Kier alpha value is -2.41. The van der Waals surface area contributed by atoms with E-state index in [-0.39, 0.29) is 29.1 Å². The van der Waals surface area contributed by atoms with Crippen molar-refractivity contribution in [3.05, 3.63) is 29.3 Å². The van der Waals surface area contributed by atoms with Gasteiger partial charge in [-0.3, -0.25) is 4.79 Å². The van der Waals surface area contributed by atoms with Crippen molar-refractivity contribution >= 4 is 23.5 Å². The van der Waals surface area contributed by atoms with Gasteiger partial charge in [0.25, 0.3) is 0 Å². The zero-order chi connectivity index (χ0) is 15.1. The lowest BCUT2D eigenvalue weighted by molar-refractivity contribution is -0.116. The average molecular weight is 280 g/mol. The molecular weight excluding hydrogens is 264 g/mol. The first kappa shape index (κ1) is 15.6. The van der Waals surface area contributed by atoms with Gasteiger partial charge >= 0.3 is 11.9 Å². The number of carbonyl (C=O) groups excluding carboxylic acids is 1. The molecule has 1 rings (SSSR count). The summed E-state index contributed by atoms with van der Waals surface area (Å²) in [6.07, 6.45) is 0.216. The van der Waals surface area contributed by atoms with Crippen molar-refractivity contribution in [2.24, 2.45) is 0 Å². The van der Waals surface area contributed by atoms with E-state index in [1.54, 1.807) is 0 Å². The van der Waals surface area contributed by atoms with Crippen LogP contribution < -0.4 is 10.6 Å². The lowest BCUT2D eigenvalue weighted by Gasteiger charge is -2.08. The zero-order valence-corrected chi connectivity index (χ0v) is 11.0. The Morgan fingerprint density at radius 1 is 1.05 bits per heavy atom. The molecule has 0 aliphatic rings. The SMILES string of the molecule is CCNCCC(=O)Nc1cc(C(=O)O)cc(C(=O)O)c1. The third kappa shape index (κ3) is 4.69. The van der Waals surface area contributed by atoms with Gasteiger partial charge in [0.05, 0.1) is 11.1 Å². The Morgan fingerprint density at radius 3 is 2.05 bits per heavy atom. The summed E-state index contributed by atoms with van der Waals surface area (Å²) in [6, 6.07) is 3.48. The number of hydrogen-bond acceptors (Lipinski definition) is 4. The topological polar surface area (TPSA) is 116 Å². The van der Waals surface area contributed by atoms with Gasteiger partial charge in [0.1, 0.15) is 0 Å². The van der Waals surface area contributed by atoms with Gasteiger partial charge in [-0.25, -0.2) is 9.59 Å². The maximum Gasteiger partial charge on any atom is 0.335 e. The van der Waals surface area contributed by atoms with Crippen LogP contribution in [0.25, 0.3) is 0 Å². The fraction of sp³-hybridized carbons (Fsp3) is 0.308. The van der Waals surface area contributed by atoms with Gasteiger partial charge in [0.15, 0.2) is 0 Å². The van der Waals surface area contributed by atoms with Gasteiger partial charge in [0, 0.05) is 18.7 Å². The molecule has 0 heterocycles. The van der Waals surface area contributed by atoms with E-state index in [1.807, 2.05) is 6.92 Å². The molecule has 4 N–H and O–H groups in total. The first-order valence-electron chi connectivity index (χ1n) is 6.06. The van der Waals surface area contributed by atoms with E-state index < -0.39 is 11.9 Å². The Labute approximate surface area is 115 Å². The molecule has 0 radical (unpaired) electrons. The third-order valence-corrected chi connectivity index (χ3v) is 2.49. The Kier molecular flexibility index (Phi) is 5.67. The van der Waals surface area contributed by atoms with Crippen molar-refractivity contribution in [3.63, 3.8) is 0 Å². The van der Waals surface area contributed by atoms with Crippen molar-refractivity contribution in [3.8, 4) is 0 Å². The number of carbonyl (C=O) groups is 3. The number of carboxylic acid groups (broad SMARTS) is 2. The number of rotatable bonds is 7. The van der Waals surface area contributed by atoms with Crippen molar-refractivity contribution in [1.82, 2.24) is 5.32 Å². The van der Waals surface area contributed by atoms with E-state index in [0.717, 1.165) is 12.6 Å². The largest absolute Gasteiger partial charge is 0.478 e. The number of anilines is 1. The lowest BCUT2D eigenvalue weighted by Crippen LogP contribution is -2.21. The molecule has 1 aromatic carbocycles. The summed E-state index contributed by atoms with van der Waals surface area (Å²) in [5.74, 6) is -2.82. The summed E-state index contributed by atoms with van der Waals surface area (Å²) in [5.41, 5.74) is -0.220. The van der Waals surface area contributed by atoms with Crippen LogP contribution in [-0.2, 0) is 4.79 Å². The van der Waals surface area contributed by atoms with Crippen molar-refractivity contribution < 1.29 is 24.6 Å². The number of aromatic carboxylic acids is 2. The second kappa shape index (κ2) is 7.25. The molecule has 0 saturated carbocycles. The van der Waals surface area contributed by atoms with Crippen LogP contribution in [0.4, 0.5) is 5.69 Å². The van der Waals surface area contributed by atoms with Crippen molar-refractivity contribution in [1.29, 1.82) is 0 Å². The number of amides is 1. The first-order valence-corrected chi connectivity index (χ1v) is 6.06. The molecule has 0 aromatic heterocycles. The normalized spacial score (nSPS) is 10.1. The van der Waals surface area contributed by atoms with Gasteiger partial charge < -0.3 is 20.8 Å². The van der Waals surface area contributed by atoms with Gasteiger partial charge in [-0.15, -0.1) is 0 Å². The Morgan fingerprint density at radius 2 is 1.60 bits per heavy atom. The van der Waals surface area contributed by atoms with Crippen LogP contribution >= 0.6 is 0 Å². The molecule has 0 fully saturated rings. The van der Waals surface area contributed by atoms with E-state index in [0.29, 0.717) is 6.54 Å². The Balaban J connectivity index is 2.86. The fourth-order valence-corrected chi connectivity index (χ4v) is 1.55. The van der Waals surface area contributed by atoms with Crippen LogP contribution in [0, 0.1) is 0 Å². The molecule has 1 aromatic rings. The number of hydrogen-bond donors (Lipinski definition) is 4. The highest BCUT2D eigenvalue weighted by Gasteiger charge is 2.12. The number of benzene rings is 1. The zero-order valence-electron chi connectivity index (χ0n) is 11.0. The fourth-order valence-electron chi connectivity index (χ4n) is 1.55. The van der Waals surface area contributed by atoms with Crippen LogP contribution in [0.15, 0.2) is 18.2 Å². The average Bonchev–Trinajstić information content (AvgIpc) is 2.38. The molecule has 7 heteroatoms. The molecule has 108 valence electrons. The highest BCUT2D eigenvalue weighted by molar-refractivity contribution is 5.98. The predicted octanol–water partition coefficient (Wildman–Crippen LogP) is 1.02. The minimum Gasteiger partial charge on any atom is -0.478 e. The van der Waals surface area contributed by atoms with Crippen molar-refractivity contribution in [2.45, 2.75) is 13.3 Å². The summed E-state index contributed by atoms with van der Waals surface area (Å²) >= 11 is 0. The van der Waals surface area contributed by atoms with Gasteiger partial charge in [-0.1, -0.05) is 6.92 Å². The Bertz CT molecular complexity index is 495. The van der Waals surface area contributed by atoms with Gasteiger partial charge in [-0.2, -0.15) is 0 Å². The molecule has 7 nitrogen and oxygen atoms in total. The molecule has 0 saturated heterocycles. The van der Waals surface area contributed by atoms with Crippen molar-refractivity contribution in [2.75, 3.05) is 18.4 Å². The quantitative estimate of drug-likeness (QED) is 0.554. The number of nitrogens with one attached hydrogen (secondary N) is 2. The van der Waals surface area contributed by atoms with Crippen LogP contribution in [0.3, 0.4) is 0 Å². The van der Waals surface area contributed by atoms with E-state index in [2.05, 4.69) is 10.6 Å². The van der Waals surface area contributed by atoms with Crippen LogP contribution in [-0.4, -0.2) is 41.1 Å². The van der Waals surface area contributed by atoms with Crippen LogP contribution in [0.2, 0.25) is 0 Å². The second-order valence-electron chi connectivity index (χ2n) is 4.06. The highest BCUT2D eigenvalue weighted by Crippen LogP contribution is 2.15. The van der Waals surface area contributed by atoms with Gasteiger partial charge in [0.2, 0.25) is 5.91 Å². The standard InChI is InChI=1S/C13H16N2O5/c1-2-14-4-3-11(16)15-10-6-8(12(17)18)5-9(7-10)13(19)20/h5-7,14H,2-4H2,1H3,(H,15,16)(H,17,18)(H,19,20). The summed E-state index contributed by atoms with van der Waals surface area (Å²) in [4.78, 5) is 33.4. The van der Waals surface area contributed by atoms with Crippen LogP contribution in [0.1, 0.15) is 34.1 Å². The molecule has 0 bridgehead atoms. The first-order chi connectivity index (χ1) is 9.43. The van der Waals surface area contributed by atoms with E-state index >= 15 is 0 Å². The molecular formula is C13H16N2O5. The summed E-state index contributed by atoms with van der Waals surface area (Å²) in [7, 11) is 0. The molecule has 0 atom stereocenters. The van der Waals surface area contributed by atoms with E-state index in [9.17, 15) is 14.4 Å². The lowest BCUT2D eigenvalue weighted by atomic mass is 10.1. The minimum atomic E-state index is -1.25. The maximum atomic E-state index is 11.6. The molecule has 0 unspecified atom stereocenters. The molecule has 0 aliphatic carbocycles. The van der Waals surface area contributed by atoms with Gasteiger partial charge in [-0.05, 0) is 24.7 Å². The molecule has 0 spiro atoms. The predicted molar refractivity (Wildman–Crippen MR) is 72.2 cm³/mol. The monoisotopic (exact) mass is 280 g/mol. The maximum absolute atomic E-state index is 11.6. The van der Waals surface area contributed by atoms with E-state index in [4.69, 9.17) is 10.2 Å². The molecule has 20 heavy (non-hydrogen) atoms. The summed E-state index contributed by atoms with van der Waals surface area (Å²) < 4.78 is 0. The second-order valence-corrected chi connectivity index (χ2v) is 4.06. The smallest absolute Gasteiger partial charge is 0.335 e. The summed E-state index contributed by atoms with van der Waals surface area (Å²) in [6.45, 7) is 3.14. The third-order valence-electron chi connectivity index (χ3n) is 2.49. The highest BCUT2D eigenvalue weighted by atomic mass is 16.4. The molecule has 0 aliphatic heterocycles. The van der Waals surface area contributed by atoms with E-state index in [1.165, 1.54) is 12.1 Å². The number of carboxylic acids is 2.